The van der Waals surface area contributed by atoms with Crippen molar-refractivity contribution in [1.29, 1.82) is 0 Å². The summed E-state index contributed by atoms with van der Waals surface area (Å²) >= 11 is 0. The van der Waals surface area contributed by atoms with E-state index in [1.165, 1.54) is 25.7 Å². The van der Waals surface area contributed by atoms with Gasteiger partial charge >= 0.3 is 6.03 Å². The van der Waals surface area contributed by atoms with Crippen LogP contribution in [-0.4, -0.2) is 53.5 Å². The zero-order valence-electron chi connectivity index (χ0n) is 16.7. The molecule has 152 valence electrons. The lowest BCUT2D eigenvalue weighted by Crippen LogP contribution is -2.43. The van der Waals surface area contributed by atoms with Crippen LogP contribution in [0, 0.1) is 0 Å². The quantitative estimate of drug-likeness (QED) is 0.792. The Balaban J connectivity index is 1.21. The summed E-state index contributed by atoms with van der Waals surface area (Å²) < 4.78 is 0. The molecule has 0 spiro atoms. The van der Waals surface area contributed by atoms with E-state index in [4.69, 9.17) is 0 Å². The largest absolute Gasteiger partial charge is 0.338 e. The number of nitrogens with one attached hydrogen (secondary N) is 2. The van der Waals surface area contributed by atoms with Gasteiger partial charge in [-0.1, -0.05) is 37.1 Å². The molecule has 2 heterocycles. The van der Waals surface area contributed by atoms with Crippen molar-refractivity contribution >= 4 is 11.9 Å². The second-order valence-corrected chi connectivity index (χ2v) is 8.48. The molecular formula is C22H32N4O2. The summed E-state index contributed by atoms with van der Waals surface area (Å²) in [6, 6.07) is 9.06. The van der Waals surface area contributed by atoms with E-state index in [-0.39, 0.29) is 18.0 Å². The molecule has 3 amide bonds. The van der Waals surface area contributed by atoms with Gasteiger partial charge in [0.15, 0.2) is 0 Å². The van der Waals surface area contributed by atoms with E-state index in [1.807, 2.05) is 23.1 Å². The average molecular weight is 385 g/mol. The standard InChI is InChI=1S/C22H32N4O2/c27-21-9-4-11-26(21)15-18-6-3-5-17(13-18)14-23-22(28)24-19-10-12-25(16-19)20-7-1-2-8-20/h3,5-6,13,19-20H,1-2,4,7-12,14-16H2,(H2,23,24,28). The smallest absolute Gasteiger partial charge is 0.315 e. The first-order chi connectivity index (χ1) is 13.7. The number of carbonyl (C=O) groups is 2. The third-order valence-electron chi connectivity index (χ3n) is 6.39. The zero-order valence-corrected chi connectivity index (χ0v) is 16.7. The lowest BCUT2D eigenvalue weighted by molar-refractivity contribution is -0.128. The SMILES string of the molecule is O=C(NCc1cccc(CN2CCCC2=O)c1)NC1CCN(C2CCCC2)C1. The van der Waals surface area contributed by atoms with Crippen LogP contribution < -0.4 is 10.6 Å². The average Bonchev–Trinajstić information content (AvgIpc) is 3.44. The van der Waals surface area contributed by atoms with Crippen molar-refractivity contribution in [3.63, 3.8) is 0 Å². The number of urea groups is 1. The number of nitrogens with zero attached hydrogens (tertiary/aromatic N) is 2. The molecular weight excluding hydrogens is 352 g/mol. The molecule has 0 aromatic heterocycles. The first-order valence-corrected chi connectivity index (χ1v) is 10.8. The fourth-order valence-corrected chi connectivity index (χ4v) is 4.85. The number of benzene rings is 1. The van der Waals surface area contributed by atoms with Gasteiger partial charge < -0.3 is 15.5 Å². The first-order valence-electron chi connectivity index (χ1n) is 10.8. The highest BCUT2D eigenvalue weighted by Crippen LogP contribution is 2.26. The van der Waals surface area contributed by atoms with Crippen LogP contribution in [0.5, 0.6) is 0 Å². The van der Waals surface area contributed by atoms with E-state index < -0.39 is 0 Å². The van der Waals surface area contributed by atoms with Crippen LogP contribution in [0.2, 0.25) is 0 Å². The Bertz CT molecular complexity index is 702. The Morgan fingerprint density at radius 3 is 2.68 bits per heavy atom. The molecule has 4 rings (SSSR count). The van der Waals surface area contributed by atoms with Gasteiger partial charge in [-0.25, -0.2) is 4.79 Å². The van der Waals surface area contributed by atoms with E-state index in [2.05, 4.69) is 21.6 Å². The predicted octanol–water partition coefficient (Wildman–Crippen LogP) is 2.63. The number of carbonyl (C=O) groups excluding carboxylic acids is 2. The highest BCUT2D eigenvalue weighted by Gasteiger charge is 2.30. The first kappa shape index (κ1) is 19.2. The summed E-state index contributed by atoms with van der Waals surface area (Å²) in [6.45, 7) is 4.11. The lowest BCUT2D eigenvalue weighted by Gasteiger charge is -2.23. The number of hydrogen-bond acceptors (Lipinski definition) is 3. The van der Waals surface area contributed by atoms with Crippen molar-refractivity contribution in [3.05, 3.63) is 35.4 Å². The van der Waals surface area contributed by atoms with Gasteiger partial charge in [0.1, 0.15) is 0 Å². The molecule has 28 heavy (non-hydrogen) atoms. The normalized spacial score (nSPS) is 23.5. The van der Waals surface area contributed by atoms with Gasteiger partial charge in [0.2, 0.25) is 5.91 Å². The molecule has 6 heteroatoms. The fourth-order valence-electron chi connectivity index (χ4n) is 4.85. The monoisotopic (exact) mass is 384 g/mol. The van der Waals surface area contributed by atoms with Crippen molar-refractivity contribution < 1.29 is 9.59 Å². The Kier molecular flexibility index (Phi) is 6.15. The molecule has 1 unspecified atom stereocenters. The third-order valence-corrected chi connectivity index (χ3v) is 6.39. The maximum atomic E-state index is 12.3. The summed E-state index contributed by atoms with van der Waals surface area (Å²) in [7, 11) is 0. The predicted molar refractivity (Wildman–Crippen MR) is 109 cm³/mol. The van der Waals surface area contributed by atoms with E-state index in [1.54, 1.807) is 0 Å². The molecule has 3 aliphatic rings. The van der Waals surface area contributed by atoms with Gasteiger partial charge in [-0.3, -0.25) is 9.69 Å². The highest BCUT2D eigenvalue weighted by atomic mass is 16.2. The second kappa shape index (κ2) is 8.95. The summed E-state index contributed by atoms with van der Waals surface area (Å²) in [5, 5.41) is 6.13. The van der Waals surface area contributed by atoms with Crippen LogP contribution in [0.15, 0.2) is 24.3 Å². The van der Waals surface area contributed by atoms with Crippen molar-refractivity contribution in [2.24, 2.45) is 0 Å². The Labute approximate surface area is 167 Å². The third kappa shape index (κ3) is 4.85. The maximum absolute atomic E-state index is 12.3. The van der Waals surface area contributed by atoms with Gasteiger partial charge in [-0.2, -0.15) is 0 Å². The molecule has 3 fully saturated rings. The lowest BCUT2D eigenvalue weighted by atomic mass is 10.1. The van der Waals surface area contributed by atoms with Crippen molar-refractivity contribution in [1.82, 2.24) is 20.4 Å². The minimum absolute atomic E-state index is 0.0848. The number of hydrogen-bond donors (Lipinski definition) is 2. The molecule has 1 aromatic rings. The van der Waals surface area contributed by atoms with E-state index in [9.17, 15) is 9.59 Å². The Morgan fingerprint density at radius 2 is 1.89 bits per heavy atom. The van der Waals surface area contributed by atoms with Gasteiger partial charge in [0, 0.05) is 51.2 Å². The van der Waals surface area contributed by atoms with E-state index >= 15 is 0 Å². The molecule has 2 N–H and O–H groups in total. The number of rotatable bonds is 6. The second-order valence-electron chi connectivity index (χ2n) is 8.48. The van der Waals surface area contributed by atoms with Crippen LogP contribution in [0.3, 0.4) is 0 Å². The topological polar surface area (TPSA) is 64.7 Å². The molecule has 2 aliphatic heterocycles. The van der Waals surface area contributed by atoms with Crippen LogP contribution in [0.4, 0.5) is 4.79 Å². The van der Waals surface area contributed by atoms with Crippen molar-refractivity contribution in [2.75, 3.05) is 19.6 Å². The molecule has 1 aromatic carbocycles. The van der Waals surface area contributed by atoms with Gasteiger partial charge in [-0.15, -0.1) is 0 Å². The maximum Gasteiger partial charge on any atom is 0.315 e. The van der Waals surface area contributed by atoms with Crippen molar-refractivity contribution in [2.45, 2.75) is 70.1 Å². The molecule has 1 saturated carbocycles. The summed E-state index contributed by atoms with van der Waals surface area (Å²) in [6.07, 6.45) is 8.01. The minimum atomic E-state index is -0.0848. The summed E-state index contributed by atoms with van der Waals surface area (Å²) in [5.41, 5.74) is 2.19. The number of likely N-dealkylation sites (tertiary alicyclic amines) is 2. The molecule has 1 atom stereocenters. The molecule has 2 saturated heterocycles. The summed E-state index contributed by atoms with van der Waals surface area (Å²) in [4.78, 5) is 28.6. The molecule has 0 radical (unpaired) electrons. The Morgan fingerprint density at radius 1 is 1.07 bits per heavy atom. The molecule has 6 nitrogen and oxygen atoms in total. The van der Waals surface area contributed by atoms with E-state index in [0.29, 0.717) is 19.5 Å². The van der Waals surface area contributed by atoms with Gasteiger partial charge in [-0.05, 0) is 36.8 Å². The highest BCUT2D eigenvalue weighted by molar-refractivity contribution is 5.78. The number of amides is 3. The Hall–Kier alpha value is -2.08. The molecule has 0 bridgehead atoms. The van der Waals surface area contributed by atoms with Gasteiger partial charge in [0.25, 0.3) is 0 Å². The van der Waals surface area contributed by atoms with Crippen LogP contribution in [-0.2, 0) is 17.9 Å². The van der Waals surface area contributed by atoms with Crippen molar-refractivity contribution in [3.8, 4) is 0 Å². The minimum Gasteiger partial charge on any atom is -0.338 e. The summed E-state index contributed by atoms with van der Waals surface area (Å²) in [5.74, 6) is 0.242. The zero-order chi connectivity index (χ0) is 19.3. The van der Waals surface area contributed by atoms with Crippen LogP contribution in [0.1, 0.15) is 56.1 Å². The van der Waals surface area contributed by atoms with Crippen LogP contribution >= 0.6 is 0 Å². The van der Waals surface area contributed by atoms with Crippen LogP contribution in [0.25, 0.3) is 0 Å². The molecule has 1 aliphatic carbocycles. The fraction of sp³-hybridized carbons (Fsp3) is 0.636. The van der Waals surface area contributed by atoms with E-state index in [0.717, 1.165) is 49.6 Å². The van der Waals surface area contributed by atoms with Gasteiger partial charge in [0.05, 0.1) is 0 Å².